The highest BCUT2D eigenvalue weighted by Crippen LogP contribution is 2.26. The summed E-state index contributed by atoms with van der Waals surface area (Å²) in [6.07, 6.45) is 2.67. The minimum absolute atomic E-state index is 0.0312. The molecule has 1 aromatic heterocycles. The van der Waals surface area contributed by atoms with Crippen molar-refractivity contribution in [2.45, 2.75) is 32.9 Å². The lowest BCUT2D eigenvalue weighted by Crippen LogP contribution is -2.31. The van der Waals surface area contributed by atoms with E-state index in [1.165, 1.54) is 11.1 Å². The van der Waals surface area contributed by atoms with E-state index in [0.717, 1.165) is 25.3 Å². The molecule has 5 heteroatoms. The second-order valence-electron chi connectivity index (χ2n) is 7.46. The lowest BCUT2D eigenvalue weighted by atomic mass is 10.00. The number of benzene rings is 2. The van der Waals surface area contributed by atoms with E-state index in [0.29, 0.717) is 17.0 Å². The molecular formula is C24H25N3O2. The van der Waals surface area contributed by atoms with Crippen LogP contribution in [0.4, 0.5) is 11.5 Å². The predicted molar refractivity (Wildman–Crippen MR) is 116 cm³/mol. The highest BCUT2D eigenvalue weighted by Gasteiger charge is 2.18. The van der Waals surface area contributed by atoms with Gasteiger partial charge in [-0.2, -0.15) is 0 Å². The van der Waals surface area contributed by atoms with Crippen LogP contribution in [0.1, 0.15) is 35.3 Å². The van der Waals surface area contributed by atoms with Crippen molar-refractivity contribution < 1.29 is 9.53 Å². The monoisotopic (exact) mass is 387 g/mol. The number of carbonyl (C=O) groups is 1. The van der Waals surface area contributed by atoms with Crippen LogP contribution in [0, 0.1) is 0 Å². The van der Waals surface area contributed by atoms with Gasteiger partial charge in [-0.25, -0.2) is 4.98 Å². The fraction of sp³-hybridized carbons (Fsp3) is 0.250. The summed E-state index contributed by atoms with van der Waals surface area (Å²) in [6.45, 7) is 5.69. The van der Waals surface area contributed by atoms with Crippen molar-refractivity contribution >= 4 is 17.4 Å². The summed E-state index contributed by atoms with van der Waals surface area (Å²) in [7, 11) is 0. The number of para-hydroxylation sites is 2. The number of hydrogen-bond donors (Lipinski definition) is 1. The normalized spacial score (nSPS) is 13.1. The Morgan fingerprint density at radius 2 is 1.79 bits per heavy atom. The fourth-order valence-electron chi connectivity index (χ4n) is 3.52. The summed E-state index contributed by atoms with van der Waals surface area (Å²) in [6, 6.07) is 19.7. The number of ether oxygens (including phenoxy) is 1. The second kappa shape index (κ2) is 8.35. The van der Waals surface area contributed by atoms with Crippen LogP contribution in [0.25, 0.3) is 0 Å². The van der Waals surface area contributed by atoms with Crippen LogP contribution in [0.15, 0.2) is 66.9 Å². The molecule has 2 aromatic carbocycles. The fourth-order valence-corrected chi connectivity index (χ4v) is 3.52. The van der Waals surface area contributed by atoms with E-state index in [2.05, 4.69) is 39.5 Å². The standard InChI is InChI=1S/C24H25N3O2/c1-17(2)29-22-10-6-5-9-21(22)26-24(28)19-11-12-23(25-15-19)27-14-13-18-7-3-4-8-20(18)16-27/h3-12,15,17H,13-14,16H2,1-2H3,(H,26,28). The lowest BCUT2D eigenvalue weighted by Gasteiger charge is -2.29. The number of nitrogens with one attached hydrogen (secondary N) is 1. The first kappa shape index (κ1) is 19.0. The van der Waals surface area contributed by atoms with Crippen LogP contribution in [0.3, 0.4) is 0 Å². The number of carbonyl (C=O) groups excluding carboxylic acids is 1. The molecule has 1 amide bonds. The molecule has 148 valence electrons. The second-order valence-corrected chi connectivity index (χ2v) is 7.46. The number of rotatable bonds is 5. The number of nitrogens with zero attached hydrogens (tertiary/aromatic N) is 2. The Balaban J connectivity index is 1.45. The van der Waals surface area contributed by atoms with Gasteiger partial charge in [0.25, 0.3) is 5.91 Å². The van der Waals surface area contributed by atoms with Crippen molar-refractivity contribution in [2.24, 2.45) is 0 Å². The third-order valence-electron chi connectivity index (χ3n) is 4.96. The number of fused-ring (bicyclic) bond motifs is 1. The third kappa shape index (κ3) is 4.40. The average Bonchev–Trinajstić information content (AvgIpc) is 2.74. The van der Waals surface area contributed by atoms with Gasteiger partial charge in [-0.1, -0.05) is 36.4 Å². The Morgan fingerprint density at radius 3 is 2.55 bits per heavy atom. The molecule has 0 atom stereocenters. The molecule has 29 heavy (non-hydrogen) atoms. The van der Waals surface area contributed by atoms with Crippen LogP contribution in [-0.4, -0.2) is 23.5 Å². The van der Waals surface area contributed by atoms with Crippen LogP contribution in [0.2, 0.25) is 0 Å². The van der Waals surface area contributed by atoms with Gasteiger partial charge in [-0.3, -0.25) is 4.79 Å². The van der Waals surface area contributed by atoms with E-state index in [1.54, 1.807) is 6.20 Å². The molecule has 1 aliphatic rings. The summed E-state index contributed by atoms with van der Waals surface area (Å²) in [5, 5.41) is 2.93. The number of pyridine rings is 1. The Bertz CT molecular complexity index is 999. The van der Waals surface area contributed by atoms with E-state index in [9.17, 15) is 4.79 Å². The van der Waals surface area contributed by atoms with E-state index in [4.69, 9.17) is 4.74 Å². The maximum atomic E-state index is 12.7. The summed E-state index contributed by atoms with van der Waals surface area (Å²) < 4.78 is 5.77. The van der Waals surface area contributed by atoms with Crippen LogP contribution < -0.4 is 15.0 Å². The summed E-state index contributed by atoms with van der Waals surface area (Å²) in [5.74, 6) is 1.35. The average molecular weight is 387 g/mol. The molecule has 5 nitrogen and oxygen atoms in total. The molecule has 3 aromatic rings. The molecule has 1 aliphatic heterocycles. The molecule has 0 saturated carbocycles. The minimum Gasteiger partial charge on any atom is -0.489 e. The molecule has 0 fully saturated rings. The largest absolute Gasteiger partial charge is 0.489 e. The van der Waals surface area contributed by atoms with Crippen molar-refractivity contribution in [1.29, 1.82) is 0 Å². The number of hydrogen-bond acceptors (Lipinski definition) is 4. The van der Waals surface area contributed by atoms with Crippen molar-refractivity contribution in [3.05, 3.63) is 83.6 Å². The first-order valence-electron chi connectivity index (χ1n) is 9.95. The van der Waals surface area contributed by atoms with E-state index < -0.39 is 0 Å². The predicted octanol–water partition coefficient (Wildman–Crippen LogP) is 4.68. The smallest absolute Gasteiger partial charge is 0.257 e. The minimum atomic E-state index is -0.201. The maximum absolute atomic E-state index is 12.7. The topological polar surface area (TPSA) is 54.5 Å². The first-order chi connectivity index (χ1) is 14.1. The van der Waals surface area contributed by atoms with Gasteiger partial charge in [0.2, 0.25) is 0 Å². The third-order valence-corrected chi connectivity index (χ3v) is 4.96. The summed E-state index contributed by atoms with van der Waals surface area (Å²) in [4.78, 5) is 19.5. The van der Waals surface area contributed by atoms with E-state index in [1.807, 2.05) is 50.2 Å². The highest BCUT2D eigenvalue weighted by atomic mass is 16.5. The molecule has 2 heterocycles. The highest BCUT2D eigenvalue weighted by molar-refractivity contribution is 6.04. The first-order valence-corrected chi connectivity index (χ1v) is 9.95. The van der Waals surface area contributed by atoms with Crippen LogP contribution >= 0.6 is 0 Å². The molecule has 0 aliphatic carbocycles. The molecule has 0 spiro atoms. The molecular weight excluding hydrogens is 362 g/mol. The molecule has 0 saturated heterocycles. The zero-order chi connectivity index (χ0) is 20.2. The molecule has 1 N–H and O–H groups in total. The van der Waals surface area contributed by atoms with Gasteiger partial charge >= 0.3 is 0 Å². The van der Waals surface area contributed by atoms with Crippen molar-refractivity contribution in [2.75, 3.05) is 16.8 Å². The van der Waals surface area contributed by atoms with Crippen molar-refractivity contribution in [1.82, 2.24) is 4.98 Å². The van der Waals surface area contributed by atoms with Gasteiger partial charge in [-0.05, 0) is 55.7 Å². The zero-order valence-electron chi connectivity index (χ0n) is 16.8. The zero-order valence-corrected chi connectivity index (χ0v) is 16.8. The number of anilines is 2. The Morgan fingerprint density at radius 1 is 1.03 bits per heavy atom. The van der Waals surface area contributed by atoms with Crippen molar-refractivity contribution in [3.8, 4) is 5.75 Å². The van der Waals surface area contributed by atoms with E-state index >= 15 is 0 Å². The number of amides is 1. The van der Waals surface area contributed by atoms with Gasteiger partial charge in [0.15, 0.2) is 0 Å². The molecule has 0 bridgehead atoms. The van der Waals surface area contributed by atoms with Gasteiger partial charge in [0.05, 0.1) is 17.4 Å². The van der Waals surface area contributed by atoms with Gasteiger partial charge in [-0.15, -0.1) is 0 Å². The van der Waals surface area contributed by atoms with Gasteiger partial charge < -0.3 is 15.0 Å². The maximum Gasteiger partial charge on any atom is 0.257 e. The quantitative estimate of drug-likeness (QED) is 0.690. The van der Waals surface area contributed by atoms with Gasteiger partial charge in [0, 0.05) is 19.3 Å². The molecule has 0 unspecified atom stereocenters. The lowest BCUT2D eigenvalue weighted by molar-refractivity contribution is 0.102. The Hall–Kier alpha value is -3.34. The summed E-state index contributed by atoms with van der Waals surface area (Å²) in [5.41, 5.74) is 3.92. The molecule has 4 rings (SSSR count). The Labute approximate surface area is 171 Å². The summed E-state index contributed by atoms with van der Waals surface area (Å²) >= 11 is 0. The van der Waals surface area contributed by atoms with E-state index in [-0.39, 0.29) is 12.0 Å². The van der Waals surface area contributed by atoms with Crippen molar-refractivity contribution in [3.63, 3.8) is 0 Å². The SMILES string of the molecule is CC(C)Oc1ccccc1NC(=O)c1ccc(N2CCc3ccccc3C2)nc1. The molecule has 0 radical (unpaired) electrons. The van der Waals surface area contributed by atoms with Crippen LogP contribution in [0.5, 0.6) is 5.75 Å². The Kier molecular flexibility index (Phi) is 5.47. The van der Waals surface area contributed by atoms with Gasteiger partial charge in [0.1, 0.15) is 11.6 Å². The number of aromatic nitrogens is 1. The van der Waals surface area contributed by atoms with Crippen LogP contribution in [-0.2, 0) is 13.0 Å².